The smallest absolute Gasteiger partial charge is 0.0443 e. The molecule has 0 radical (unpaired) electrons. The summed E-state index contributed by atoms with van der Waals surface area (Å²) in [5.74, 6) is 0. The predicted molar refractivity (Wildman–Crippen MR) is 57.0 cm³/mol. The number of nitrogens with one attached hydrogen (secondary N) is 1. The standard InChI is InChI=1S/C10H24N2O/c1-10(2)12(3)8-4-6-11-7-5-9-13/h10-11,13H,4-9H2,1-3H3. The molecule has 3 nitrogen and oxygen atoms in total. The highest BCUT2D eigenvalue weighted by Gasteiger charge is 2.00. The van der Waals surface area contributed by atoms with Crippen molar-refractivity contribution in [3.8, 4) is 0 Å². The van der Waals surface area contributed by atoms with Crippen LogP contribution in [0.25, 0.3) is 0 Å². The van der Waals surface area contributed by atoms with Crippen molar-refractivity contribution < 1.29 is 5.11 Å². The number of hydrogen-bond donors (Lipinski definition) is 2. The van der Waals surface area contributed by atoms with Gasteiger partial charge in [-0.25, -0.2) is 0 Å². The maximum absolute atomic E-state index is 8.54. The van der Waals surface area contributed by atoms with Crippen molar-refractivity contribution >= 4 is 0 Å². The van der Waals surface area contributed by atoms with Crippen molar-refractivity contribution in [2.75, 3.05) is 33.3 Å². The Morgan fingerprint density at radius 1 is 1.23 bits per heavy atom. The van der Waals surface area contributed by atoms with Gasteiger partial charge in [-0.15, -0.1) is 0 Å². The Kier molecular flexibility index (Phi) is 8.40. The predicted octanol–water partition coefficient (Wildman–Crippen LogP) is 0.689. The quantitative estimate of drug-likeness (QED) is 0.550. The van der Waals surface area contributed by atoms with Gasteiger partial charge in [-0.2, -0.15) is 0 Å². The molecule has 13 heavy (non-hydrogen) atoms. The van der Waals surface area contributed by atoms with E-state index in [9.17, 15) is 0 Å². The molecule has 0 aliphatic heterocycles. The minimum atomic E-state index is 0.291. The number of rotatable bonds is 8. The fourth-order valence-electron chi connectivity index (χ4n) is 1.04. The van der Waals surface area contributed by atoms with Crippen LogP contribution in [0.4, 0.5) is 0 Å². The second-order valence-electron chi connectivity index (χ2n) is 3.76. The van der Waals surface area contributed by atoms with Crippen molar-refractivity contribution in [2.45, 2.75) is 32.7 Å². The highest BCUT2D eigenvalue weighted by atomic mass is 16.3. The molecule has 0 aliphatic rings. The first-order valence-electron chi connectivity index (χ1n) is 5.20. The van der Waals surface area contributed by atoms with Gasteiger partial charge in [-0.05, 0) is 53.4 Å². The van der Waals surface area contributed by atoms with E-state index in [0.717, 1.165) is 26.1 Å². The summed E-state index contributed by atoms with van der Waals surface area (Å²) in [6, 6.07) is 0.637. The first kappa shape index (κ1) is 12.9. The maximum Gasteiger partial charge on any atom is 0.0443 e. The molecule has 0 aromatic carbocycles. The third-order valence-corrected chi connectivity index (χ3v) is 2.26. The molecule has 0 aromatic rings. The summed E-state index contributed by atoms with van der Waals surface area (Å²) in [7, 11) is 2.15. The molecule has 0 saturated carbocycles. The molecule has 0 unspecified atom stereocenters. The Morgan fingerprint density at radius 3 is 2.38 bits per heavy atom. The summed E-state index contributed by atoms with van der Waals surface area (Å²) in [5, 5.41) is 11.8. The molecule has 3 heteroatoms. The van der Waals surface area contributed by atoms with Crippen LogP contribution >= 0.6 is 0 Å². The van der Waals surface area contributed by atoms with E-state index in [-0.39, 0.29) is 0 Å². The Hall–Kier alpha value is -0.120. The lowest BCUT2D eigenvalue weighted by Gasteiger charge is -2.20. The Balaban J connectivity index is 3.07. The van der Waals surface area contributed by atoms with Crippen LogP contribution in [0, 0.1) is 0 Å². The second kappa shape index (κ2) is 8.48. The van der Waals surface area contributed by atoms with E-state index in [1.165, 1.54) is 6.42 Å². The molecule has 0 amide bonds. The van der Waals surface area contributed by atoms with Crippen molar-refractivity contribution in [3.63, 3.8) is 0 Å². The van der Waals surface area contributed by atoms with Gasteiger partial charge < -0.3 is 15.3 Å². The van der Waals surface area contributed by atoms with Gasteiger partial charge in [-0.3, -0.25) is 0 Å². The van der Waals surface area contributed by atoms with Gasteiger partial charge in [0, 0.05) is 12.6 Å². The summed E-state index contributed by atoms with van der Waals surface area (Å²) >= 11 is 0. The minimum Gasteiger partial charge on any atom is -0.396 e. The van der Waals surface area contributed by atoms with E-state index in [4.69, 9.17) is 5.11 Å². The molecule has 0 atom stereocenters. The van der Waals surface area contributed by atoms with E-state index < -0.39 is 0 Å². The number of hydrogen-bond acceptors (Lipinski definition) is 3. The van der Waals surface area contributed by atoms with E-state index in [1.807, 2.05) is 0 Å². The Bertz CT molecular complexity index is 107. The summed E-state index contributed by atoms with van der Waals surface area (Å²) in [6.45, 7) is 7.83. The van der Waals surface area contributed by atoms with Gasteiger partial charge in [-0.1, -0.05) is 0 Å². The van der Waals surface area contributed by atoms with Crippen LogP contribution in [0.15, 0.2) is 0 Å². The molecule has 0 saturated heterocycles. The van der Waals surface area contributed by atoms with E-state index in [1.54, 1.807) is 0 Å². The third-order valence-electron chi connectivity index (χ3n) is 2.26. The third kappa shape index (κ3) is 8.22. The molecule has 0 bridgehead atoms. The van der Waals surface area contributed by atoms with Crippen LogP contribution in [0.5, 0.6) is 0 Å². The lowest BCUT2D eigenvalue weighted by molar-refractivity contribution is 0.266. The average Bonchev–Trinajstić information content (AvgIpc) is 2.10. The van der Waals surface area contributed by atoms with Crippen LogP contribution < -0.4 is 5.32 Å². The second-order valence-corrected chi connectivity index (χ2v) is 3.76. The molecule has 0 heterocycles. The molecule has 2 N–H and O–H groups in total. The van der Waals surface area contributed by atoms with Crippen molar-refractivity contribution in [1.82, 2.24) is 10.2 Å². The van der Waals surface area contributed by atoms with Crippen molar-refractivity contribution in [1.29, 1.82) is 0 Å². The number of aliphatic hydroxyl groups excluding tert-OH is 1. The van der Waals surface area contributed by atoms with Crippen LogP contribution in [0.3, 0.4) is 0 Å². The lowest BCUT2D eigenvalue weighted by Crippen LogP contribution is -2.29. The van der Waals surface area contributed by atoms with Crippen LogP contribution in [0.1, 0.15) is 26.7 Å². The van der Waals surface area contributed by atoms with Gasteiger partial charge in [0.1, 0.15) is 0 Å². The average molecular weight is 188 g/mol. The first-order valence-corrected chi connectivity index (χ1v) is 5.20. The zero-order valence-electron chi connectivity index (χ0n) is 9.21. The number of aliphatic hydroxyl groups is 1. The highest BCUT2D eigenvalue weighted by Crippen LogP contribution is 1.93. The molecule has 0 rings (SSSR count). The Labute approximate surface area is 82.1 Å². The Morgan fingerprint density at radius 2 is 1.85 bits per heavy atom. The minimum absolute atomic E-state index is 0.291. The van der Waals surface area contributed by atoms with Crippen LogP contribution in [0.2, 0.25) is 0 Å². The fourth-order valence-corrected chi connectivity index (χ4v) is 1.04. The molecular formula is C10H24N2O. The van der Waals surface area contributed by atoms with Crippen molar-refractivity contribution in [2.24, 2.45) is 0 Å². The van der Waals surface area contributed by atoms with Crippen LogP contribution in [-0.2, 0) is 0 Å². The van der Waals surface area contributed by atoms with E-state index in [2.05, 4.69) is 31.1 Å². The fraction of sp³-hybridized carbons (Fsp3) is 1.00. The lowest BCUT2D eigenvalue weighted by atomic mass is 10.3. The maximum atomic E-state index is 8.54. The molecule has 80 valence electrons. The van der Waals surface area contributed by atoms with Gasteiger partial charge in [0.05, 0.1) is 0 Å². The highest BCUT2D eigenvalue weighted by molar-refractivity contribution is 4.57. The molecule has 0 spiro atoms. The molecular weight excluding hydrogens is 164 g/mol. The van der Waals surface area contributed by atoms with Crippen LogP contribution in [-0.4, -0.2) is 49.3 Å². The summed E-state index contributed by atoms with van der Waals surface area (Å²) in [5.41, 5.74) is 0. The van der Waals surface area contributed by atoms with Gasteiger partial charge in [0.15, 0.2) is 0 Å². The normalized spacial score (nSPS) is 11.5. The van der Waals surface area contributed by atoms with Gasteiger partial charge >= 0.3 is 0 Å². The van der Waals surface area contributed by atoms with Gasteiger partial charge in [0.2, 0.25) is 0 Å². The summed E-state index contributed by atoms with van der Waals surface area (Å²) in [4.78, 5) is 2.34. The zero-order valence-corrected chi connectivity index (χ0v) is 9.21. The molecule has 0 aromatic heterocycles. The first-order chi connectivity index (χ1) is 6.18. The van der Waals surface area contributed by atoms with E-state index in [0.29, 0.717) is 12.6 Å². The van der Waals surface area contributed by atoms with E-state index >= 15 is 0 Å². The van der Waals surface area contributed by atoms with Gasteiger partial charge in [0.25, 0.3) is 0 Å². The van der Waals surface area contributed by atoms with Crippen molar-refractivity contribution in [3.05, 3.63) is 0 Å². The number of nitrogens with zero attached hydrogens (tertiary/aromatic N) is 1. The largest absolute Gasteiger partial charge is 0.396 e. The zero-order chi connectivity index (χ0) is 10.1. The summed E-state index contributed by atoms with van der Waals surface area (Å²) in [6.07, 6.45) is 2.04. The molecule has 0 aliphatic carbocycles. The molecule has 0 fully saturated rings. The SMILES string of the molecule is CC(C)N(C)CCCNCCCO. The monoisotopic (exact) mass is 188 g/mol. The summed E-state index contributed by atoms with van der Waals surface area (Å²) < 4.78 is 0. The topological polar surface area (TPSA) is 35.5 Å².